The van der Waals surface area contributed by atoms with Crippen LogP contribution in [0.2, 0.25) is 0 Å². The largest absolute Gasteiger partial charge is 0.392 e. The molecule has 3 rings (SSSR count). The molecule has 2 heterocycles. The van der Waals surface area contributed by atoms with E-state index in [1.54, 1.807) is 11.9 Å². The van der Waals surface area contributed by atoms with Gasteiger partial charge in [-0.25, -0.2) is 0 Å². The van der Waals surface area contributed by atoms with Crippen LogP contribution in [0.25, 0.3) is 11.3 Å². The first-order valence-corrected chi connectivity index (χ1v) is 8.31. The first kappa shape index (κ1) is 16.7. The van der Waals surface area contributed by atoms with E-state index in [9.17, 15) is 9.90 Å². The van der Waals surface area contributed by atoms with Crippen LogP contribution in [0, 0.1) is 0 Å². The molecule has 1 fully saturated rings. The molecule has 1 aliphatic heterocycles. The first-order valence-electron chi connectivity index (χ1n) is 8.31. The van der Waals surface area contributed by atoms with Gasteiger partial charge in [0.25, 0.3) is 0 Å². The van der Waals surface area contributed by atoms with Crippen molar-refractivity contribution in [3.05, 3.63) is 42.2 Å². The van der Waals surface area contributed by atoms with Crippen molar-refractivity contribution >= 4 is 5.91 Å². The number of aromatic nitrogens is 1. The maximum atomic E-state index is 12.2. The van der Waals surface area contributed by atoms with Gasteiger partial charge in [0.15, 0.2) is 0 Å². The zero-order chi connectivity index (χ0) is 16.9. The van der Waals surface area contributed by atoms with Gasteiger partial charge in [-0.1, -0.05) is 35.5 Å². The summed E-state index contributed by atoms with van der Waals surface area (Å²) in [6.07, 6.45) is 1.61. The molecule has 1 aromatic carbocycles. The number of carbonyl (C=O) groups excluding carboxylic acids is 1. The van der Waals surface area contributed by atoms with Gasteiger partial charge in [-0.05, 0) is 12.8 Å². The summed E-state index contributed by atoms with van der Waals surface area (Å²) in [5.74, 6) is 0.859. The fourth-order valence-corrected chi connectivity index (χ4v) is 2.95. The van der Waals surface area contributed by atoms with E-state index in [0.717, 1.165) is 29.9 Å². The fourth-order valence-electron chi connectivity index (χ4n) is 2.95. The SMILES string of the molecule is CN(CCCc1cc(-c2ccccc2)no1)C(=O)[C@@H]1C[C@@H](O)CN1. The highest BCUT2D eigenvalue weighted by molar-refractivity contribution is 5.82. The van der Waals surface area contributed by atoms with Gasteiger partial charge in [-0.15, -0.1) is 0 Å². The van der Waals surface area contributed by atoms with Crippen molar-refractivity contribution in [3.8, 4) is 11.3 Å². The molecule has 1 aliphatic rings. The summed E-state index contributed by atoms with van der Waals surface area (Å²) < 4.78 is 5.38. The number of aliphatic hydroxyl groups is 1. The fraction of sp³-hybridized carbons (Fsp3) is 0.444. The van der Waals surface area contributed by atoms with Gasteiger partial charge < -0.3 is 19.8 Å². The summed E-state index contributed by atoms with van der Waals surface area (Å²) in [6, 6.07) is 11.6. The summed E-state index contributed by atoms with van der Waals surface area (Å²) in [4.78, 5) is 14.0. The zero-order valence-corrected chi connectivity index (χ0v) is 13.8. The minimum Gasteiger partial charge on any atom is -0.392 e. The first-order chi connectivity index (χ1) is 11.6. The smallest absolute Gasteiger partial charge is 0.239 e. The van der Waals surface area contributed by atoms with Crippen LogP contribution in [0.4, 0.5) is 0 Å². The second-order valence-electron chi connectivity index (χ2n) is 6.26. The van der Waals surface area contributed by atoms with E-state index in [4.69, 9.17) is 4.52 Å². The predicted molar refractivity (Wildman–Crippen MR) is 90.3 cm³/mol. The van der Waals surface area contributed by atoms with Crippen molar-refractivity contribution in [3.63, 3.8) is 0 Å². The topological polar surface area (TPSA) is 78.6 Å². The highest BCUT2D eigenvalue weighted by atomic mass is 16.5. The van der Waals surface area contributed by atoms with Crippen LogP contribution >= 0.6 is 0 Å². The van der Waals surface area contributed by atoms with Crippen molar-refractivity contribution < 1.29 is 14.4 Å². The molecular weight excluding hydrogens is 306 g/mol. The number of nitrogens with one attached hydrogen (secondary N) is 1. The molecule has 0 bridgehead atoms. The van der Waals surface area contributed by atoms with E-state index in [2.05, 4.69) is 10.5 Å². The minimum atomic E-state index is -0.419. The minimum absolute atomic E-state index is 0.0362. The number of rotatable bonds is 6. The maximum Gasteiger partial charge on any atom is 0.239 e. The van der Waals surface area contributed by atoms with Crippen LogP contribution in [-0.2, 0) is 11.2 Å². The second-order valence-corrected chi connectivity index (χ2v) is 6.26. The molecule has 0 unspecified atom stereocenters. The Kier molecular flexibility index (Phi) is 5.27. The van der Waals surface area contributed by atoms with Gasteiger partial charge in [0.1, 0.15) is 11.5 Å². The van der Waals surface area contributed by atoms with E-state index >= 15 is 0 Å². The van der Waals surface area contributed by atoms with Crippen molar-refractivity contribution in [1.82, 2.24) is 15.4 Å². The van der Waals surface area contributed by atoms with Crippen LogP contribution in [0.5, 0.6) is 0 Å². The molecule has 0 spiro atoms. The highest BCUT2D eigenvalue weighted by Crippen LogP contribution is 2.19. The predicted octanol–water partition coefficient (Wildman–Crippen LogP) is 1.46. The number of β-amino-alcohol motifs (C(OH)–C–C–N with tert-alkyl or cyclic N) is 1. The van der Waals surface area contributed by atoms with E-state index < -0.39 is 6.10 Å². The molecule has 2 atom stereocenters. The molecule has 1 amide bonds. The number of amides is 1. The number of benzene rings is 1. The van der Waals surface area contributed by atoms with E-state index in [-0.39, 0.29) is 11.9 Å². The Balaban J connectivity index is 1.46. The molecule has 24 heavy (non-hydrogen) atoms. The molecule has 6 heteroatoms. The third kappa shape index (κ3) is 4.01. The van der Waals surface area contributed by atoms with Crippen LogP contribution < -0.4 is 5.32 Å². The average molecular weight is 329 g/mol. The average Bonchev–Trinajstić information content (AvgIpc) is 3.24. The Bertz CT molecular complexity index is 671. The van der Waals surface area contributed by atoms with Gasteiger partial charge in [0, 0.05) is 38.2 Å². The van der Waals surface area contributed by atoms with Crippen molar-refractivity contribution in [2.45, 2.75) is 31.4 Å². The summed E-state index contributed by atoms with van der Waals surface area (Å²) in [5.41, 5.74) is 1.87. The van der Waals surface area contributed by atoms with Crippen LogP contribution in [-0.4, -0.2) is 53.4 Å². The monoisotopic (exact) mass is 329 g/mol. The molecule has 2 N–H and O–H groups in total. The lowest BCUT2D eigenvalue weighted by Gasteiger charge is -2.20. The number of aliphatic hydroxyl groups excluding tert-OH is 1. The number of hydrogen-bond acceptors (Lipinski definition) is 5. The molecule has 0 radical (unpaired) electrons. The maximum absolute atomic E-state index is 12.2. The third-order valence-corrected chi connectivity index (χ3v) is 4.33. The molecule has 2 aromatic rings. The van der Waals surface area contributed by atoms with Gasteiger partial charge in [0.05, 0.1) is 12.1 Å². The van der Waals surface area contributed by atoms with Gasteiger partial charge in [0.2, 0.25) is 5.91 Å². The molecule has 128 valence electrons. The summed E-state index contributed by atoms with van der Waals surface area (Å²) in [6.45, 7) is 1.14. The van der Waals surface area contributed by atoms with Crippen molar-refractivity contribution in [2.75, 3.05) is 20.1 Å². The van der Waals surface area contributed by atoms with Crippen LogP contribution in [0.3, 0.4) is 0 Å². The lowest BCUT2D eigenvalue weighted by molar-refractivity contribution is -0.132. The summed E-state index contributed by atoms with van der Waals surface area (Å²) in [7, 11) is 1.80. The normalized spacial score (nSPS) is 20.2. The number of nitrogens with zero attached hydrogens (tertiary/aromatic N) is 2. The number of aryl methyl sites for hydroxylation is 1. The lowest BCUT2D eigenvalue weighted by atomic mass is 10.1. The standard InChI is InChI=1S/C18H23N3O3/c1-21(18(23)17-10-14(22)12-19-17)9-5-8-15-11-16(20-24-15)13-6-3-2-4-7-13/h2-4,6-7,11,14,17,19,22H,5,8-10,12H2,1H3/t14-,17+/m1/s1. The second kappa shape index (κ2) is 7.59. The Morgan fingerprint density at radius 2 is 2.21 bits per heavy atom. The van der Waals surface area contributed by atoms with Gasteiger partial charge >= 0.3 is 0 Å². The van der Waals surface area contributed by atoms with E-state index in [1.807, 2.05) is 36.4 Å². The van der Waals surface area contributed by atoms with Crippen LogP contribution in [0.1, 0.15) is 18.6 Å². The molecule has 0 aliphatic carbocycles. The molecule has 0 saturated carbocycles. The molecule has 1 aromatic heterocycles. The molecule has 6 nitrogen and oxygen atoms in total. The van der Waals surface area contributed by atoms with Crippen molar-refractivity contribution in [2.24, 2.45) is 0 Å². The highest BCUT2D eigenvalue weighted by Gasteiger charge is 2.29. The summed E-state index contributed by atoms with van der Waals surface area (Å²) >= 11 is 0. The Hall–Kier alpha value is -2.18. The quantitative estimate of drug-likeness (QED) is 0.839. The Morgan fingerprint density at radius 3 is 2.92 bits per heavy atom. The molecular formula is C18H23N3O3. The Morgan fingerprint density at radius 1 is 1.42 bits per heavy atom. The number of carbonyl (C=O) groups is 1. The number of hydrogen-bond donors (Lipinski definition) is 2. The number of likely N-dealkylation sites (N-methyl/N-ethyl adjacent to an activating group) is 1. The third-order valence-electron chi connectivity index (χ3n) is 4.33. The van der Waals surface area contributed by atoms with Gasteiger partial charge in [-0.2, -0.15) is 0 Å². The van der Waals surface area contributed by atoms with E-state index in [0.29, 0.717) is 19.5 Å². The molecule has 1 saturated heterocycles. The van der Waals surface area contributed by atoms with Crippen LogP contribution in [0.15, 0.2) is 40.9 Å². The van der Waals surface area contributed by atoms with Gasteiger partial charge in [-0.3, -0.25) is 4.79 Å². The summed E-state index contributed by atoms with van der Waals surface area (Å²) in [5, 5.41) is 16.6. The Labute approximate surface area is 141 Å². The van der Waals surface area contributed by atoms with Crippen molar-refractivity contribution in [1.29, 1.82) is 0 Å². The zero-order valence-electron chi connectivity index (χ0n) is 13.8. The van der Waals surface area contributed by atoms with E-state index in [1.165, 1.54) is 0 Å². The lowest BCUT2D eigenvalue weighted by Crippen LogP contribution is -2.42.